The third kappa shape index (κ3) is 5.53. The molecule has 17 heavy (non-hydrogen) atoms. The molecular weight excluding hydrogens is 238 g/mol. The van der Waals surface area contributed by atoms with Crippen LogP contribution in [0.3, 0.4) is 0 Å². The Hall–Kier alpha value is -1.30. The summed E-state index contributed by atoms with van der Waals surface area (Å²) < 4.78 is 5.20. The van der Waals surface area contributed by atoms with Gasteiger partial charge in [0.05, 0.1) is 5.75 Å². The van der Waals surface area contributed by atoms with Crippen LogP contribution in [0.1, 0.15) is 20.8 Å². The Bertz CT molecular complexity index is 391. The van der Waals surface area contributed by atoms with Gasteiger partial charge in [0.15, 0.2) is 0 Å². The molecule has 0 aromatic carbocycles. The summed E-state index contributed by atoms with van der Waals surface area (Å²) in [5.41, 5.74) is -0.445. The zero-order chi connectivity index (χ0) is 12.9. The summed E-state index contributed by atoms with van der Waals surface area (Å²) in [5, 5.41) is 3.66. The molecule has 0 radical (unpaired) electrons. The predicted octanol–water partition coefficient (Wildman–Crippen LogP) is 1.95. The van der Waals surface area contributed by atoms with Crippen molar-refractivity contribution in [3.63, 3.8) is 0 Å². The molecule has 5 nitrogen and oxygen atoms in total. The van der Waals surface area contributed by atoms with E-state index < -0.39 is 5.60 Å². The van der Waals surface area contributed by atoms with Gasteiger partial charge in [-0.25, -0.2) is 9.97 Å². The first-order valence-electron chi connectivity index (χ1n) is 5.25. The zero-order valence-electron chi connectivity index (χ0n) is 10.5. The van der Waals surface area contributed by atoms with E-state index in [1.807, 2.05) is 20.8 Å². The second-order valence-electron chi connectivity index (χ2n) is 4.37. The van der Waals surface area contributed by atoms with Gasteiger partial charge in [-0.2, -0.15) is 0 Å². The Kier molecular flexibility index (Phi) is 4.74. The van der Waals surface area contributed by atoms with Crippen LogP contribution in [0.5, 0.6) is 0 Å². The molecule has 0 unspecified atom stereocenters. The molecule has 1 heterocycles. The van der Waals surface area contributed by atoms with Crippen LogP contribution in [-0.2, 0) is 9.53 Å². The molecule has 0 aliphatic rings. The van der Waals surface area contributed by atoms with Gasteiger partial charge >= 0.3 is 5.97 Å². The van der Waals surface area contributed by atoms with Gasteiger partial charge in [0.25, 0.3) is 0 Å². The van der Waals surface area contributed by atoms with E-state index in [9.17, 15) is 4.79 Å². The molecular formula is C11H17N3O2S. The standard InChI is InChI=1S/C11H17N3O2S/c1-11(2,3)16-10(15)6-17-9-5-8(12-4)13-7-14-9/h5,7H,6H2,1-4H3,(H,12,13,14). The number of ether oxygens (including phenoxy) is 1. The first-order chi connectivity index (χ1) is 7.90. The molecule has 1 aromatic rings. The Morgan fingerprint density at radius 1 is 1.47 bits per heavy atom. The van der Waals surface area contributed by atoms with E-state index in [2.05, 4.69) is 15.3 Å². The average Bonchev–Trinajstić information content (AvgIpc) is 2.24. The second kappa shape index (κ2) is 5.86. The van der Waals surface area contributed by atoms with Crippen LogP contribution in [0, 0.1) is 0 Å². The summed E-state index contributed by atoms with van der Waals surface area (Å²) in [4.78, 5) is 19.5. The molecule has 0 atom stereocenters. The number of esters is 1. The van der Waals surface area contributed by atoms with Crippen molar-refractivity contribution in [3.05, 3.63) is 12.4 Å². The number of hydrogen-bond acceptors (Lipinski definition) is 6. The number of carbonyl (C=O) groups is 1. The van der Waals surface area contributed by atoms with Gasteiger partial charge in [0, 0.05) is 13.1 Å². The largest absolute Gasteiger partial charge is 0.459 e. The molecule has 6 heteroatoms. The minimum absolute atomic E-state index is 0.243. The minimum Gasteiger partial charge on any atom is -0.459 e. The summed E-state index contributed by atoms with van der Waals surface area (Å²) in [6.07, 6.45) is 1.46. The maximum absolute atomic E-state index is 11.5. The summed E-state index contributed by atoms with van der Waals surface area (Å²) in [5.74, 6) is 0.732. The highest BCUT2D eigenvalue weighted by atomic mass is 32.2. The van der Waals surface area contributed by atoms with E-state index in [-0.39, 0.29) is 11.7 Å². The lowest BCUT2D eigenvalue weighted by molar-refractivity contribution is -0.151. The van der Waals surface area contributed by atoms with Crippen LogP contribution < -0.4 is 5.32 Å². The Morgan fingerprint density at radius 2 is 2.18 bits per heavy atom. The van der Waals surface area contributed by atoms with E-state index in [1.165, 1.54) is 18.1 Å². The minimum atomic E-state index is -0.445. The van der Waals surface area contributed by atoms with Crippen molar-refractivity contribution < 1.29 is 9.53 Å². The third-order valence-electron chi connectivity index (χ3n) is 1.66. The first-order valence-corrected chi connectivity index (χ1v) is 6.24. The normalized spacial score (nSPS) is 11.1. The highest BCUT2D eigenvalue weighted by Gasteiger charge is 2.16. The lowest BCUT2D eigenvalue weighted by atomic mass is 10.2. The monoisotopic (exact) mass is 255 g/mol. The topological polar surface area (TPSA) is 64.1 Å². The van der Waals surface area contributed by atoms with Gasteiger partial charge in [0.2, 0.25) is 0 Å². The Morgan fingerprint density at radius 3 is 2.76 bits per heavy atom. The van der Waals surface area contributed by atoms with Crippen LogP contribution in [0.15, 0.2) is 17.4 Å². The van der Waals surface area contributed by atoms with Gasteiger partial charge in [-0.1, -0.05) is 11.8 Å². The van der Waals surface area contributed by atoms with Crippen molar-refractivity contribution in [2.24, 2.45) is 0 Å². The zero-order valence-corrected chi connectivity index (χ0v) is 11.3. The second-order valence-corrected chi connectivity index (χ2v) is 5.36. The average molecular weight is 255 g/mol. The van der Waals surface area contributed by atoms with Gasteiger partial charge in [0.1, 0.15) is 22.8 Å². The molecule has 1 rings (SSSR count). The van der Waals surface area contributed by atoms with Crippen molar-refractivity contribution in [1.29, 1.82) is 0 Å². The van der Waals surface area contributed by atoms with Crippen LogP contribution in [0.4, 0.5) is 5.82 Å². The highest BCUT2D eigenvalue weighted by Crippen LogP contribution is 2.18. The van der Waals surface area contributed by atoms with Crippen molar-refractivity contribution in [2.75, 3.05) is 18.1 Å². The van der Waals surface area contributed by atoms with E-state index >= 15 is 0 Å². The lowest BCUT2D eigenvalue weighted by Gasteiger charge is -2.19. The molecule has 1 aromatic heterocycles. The molecule has 0 saturated carbocycles. The molecule has 0 bridgehead atoms. The van der Waals surface area contributed by atoms with E-state index in [1.54, 1.807) is 13.1 Å². The van der Waals surface area contributed by atoms with Crippen LogP contribution in [-0.4, -0.2) is 34.3 Å². The SMILES string of the molecule is CNc1cc(SCC(=O)OC(C)(C)C)ncn1. The maximum Gasteiger partial charge on any atom is 0.316 e. The molecule has 0 aliphatic carbocycles. The van der Waals surface area contributed by atoms with Crippen molar-refractivity contribution in [1.82, 2.24) is 9.97 Å². The number of anilines is 1. The quantitative estimate of drug-likeness (QED) is 0.504. The summed E-state index contributed by atoms with van der Waals surface area (Å²) in [6.45, 7) is 5.54. The smallest absolute Gasteiger partial charge is 0.316 e. The predicted molar refractivity (Wildman–Crippen MR) is 68.1 cm³/mol. The Balaban J connectivity index is 2.47. The third-order valence-corrected chi connectivity index (χ3v) is 2.56. The van der Waals surface area contributed by atoms with Crippen molar-refractivity contribution in [2.45, 2.75) is 31.4 Å². The summed E-state index contributed by atoms with van der Waals surface area (Å²) in [7, 11) is 1.78. The summed E-state index contributed by atoms with van der Waals surface area (Å²) in [6, 6.07) is 1.79. The van der Waals surface area contributed by atoms with Crippen molar-refractivity contribution >= 4 is 23.5 Å². The fraction of sp³-hybridized carbons (Fsp3) is 0.545. The fourth-order valence-corrected chi connectivity index (χ4v) is 1.70. The molecule has 0 saturated heterocycles. The number of nitrogens with zero attached hydrogens (tertiary/aromatic N) is 2. The van der Waals surface area contributed by atoms with Gasteiger partial charge in [-0.15, -0.1) is 0 Å². The molecule has 0 aliphatic heterocycles. The van der Waals surface area contributed by atoms with Gasteiger partial charge in [-0.05, 0) is 20.8 Å². The number of rotatable bonds is 4. The number of hydrogen-bond donors (Lipinski definition) is 1. The van der Waals surface area contributed by atoms with Crippen LogP contribution in [0.25, 0.3) is 0 Å². The maximum atomic E-state index is 11.5. The number of aromatic nitrogens is 2. The van der Waals surface area contributed by atoms with Crippen molar-refractivity contribution in [3.8, 4) is 0 Å². The molecule has 0 spiro atoms. The van der Waals surface area contributed by atoms with Crippen LogP contribution in [0.2, 0.25) is 0 Å². The molecule has 0 amide bonds. The van der Waals surface area contributed by atoms with E-state index in [0.717, 1.165) is 10.8 Å². The first kappa shape index (κ1) is 13.8. The lowest BCUT2D eigenvalue weighted by Crippen LogP contribution is -2.24. The van der Waals surface area contributed by atoms with Gasteiger partial charge < -0.3 is 10.1 Å². The van der Waals surface area contributed by atoms with Gasteiger partial charge in [-0.3, -0.25) is 4.79 Å². The van der Waals surface area contributed by atoms with E-state index in [0.29, 0.717) is 0 Å². The Labute approximate surface area is 105 Å². The van der Waals surface area contributed by atoms with E-state index in [4.69, 9.17) is 4.74 Å². The summed E-state index contributed by atoms with van der Waals surface area (Å²) >= 11 is 1.33. The number of thioether (sulfide) groups is 1. The van der Waals surface area contributed by atoms with Crippen LogP contribution >= 0.6 is 11.8 Å². The molecule has 0 fully saturated rings. The molecule has 94 valence electrons. The number of carbonyl (C=O) groups excluding carboxylic acids is 1. The molecule has 1 N–H and O–H groups in total. The fourth-order valence-electron chi connectivity index (χ4n) is 1.06. The highest BCUT2D eigenvalue weighted by molar-refractivity contribution is 7.99. The number of nitrogens with one attached hydrogen (secondary N) is 1.